The van der Waals surface area contributed by atoms with E-state index in [2.05, 4.69) is 5.32 Å². The number of hydrogen-bond acceptors (Lipinski definition) is 5. The monoisotopic (exact) mass is 424 g/mol. The van der Waals surface area contributed by atoms with Crippen LogP contribution < -0.4 is 10.1 Å². The van der Waals surface area contributed by atoms with E-state index in [9.17, 15) is 14.4 Å². The quantitative estimate of drug-likeness (QED) is 0.567. The van der Waals surface area contributed by atoms with E-state index in [1.165, 1.54) is 5.56 Å². The molecular formula is C24H28N2O5. The van der Waals surface area contributed by atoms with Crippen LogP contribution in [-0.2, 0) is 16.0 Å². The molecule has 0 bridgehead atoms. The second kappa shape index (κ2) is 10.6. The molecule has 7 nitrogen and oxygen atoms in total. The molecule has 0 saturated carbocycles. The molecule has 2 aromatic rings. The van der Waals surface area contributed by atoms with Gasteiger partial charge in [0.1, 0.15) is 5.75 Å². The van der Waals surface area contributed by atoms with Crippen LogP contribution >= 0.6 is 0 Å². The smallest absolute Gasteiger partial charge is 0.434 e. The summed E-state index contributed by atoms with van der Waals surface area (Å²) in [6.07, 6.45) is 1.03. The molecule has 1 saturated heterocycles. The molecule has 7 heteroatoms. The van der Waals surface area contributed by atoms with E-state index in [1.54, 1.807) is 36.1 Å². The topological polar surface area (TPSA) is 84.9 Å². The van der Waals surface area contributed by atoms with Gasteiger partial charge in [0.05, 0.1) is 13.0 Å². The fourth-order valence-corrected chi connectivity index (χ4v) is 3.49. The van der Waals surface area contributed by atoms with Crippen LogP contribution in [0.25, 0.3) is 0 Å². The highest BCUT2D eigenvalue weighted by atomic mass is 16.7. The van der Waals surface area contributed by atoms with Crippen molar-refractivity contribution >= 4 is 18.0 Å². The summed E-state index contributed by atoms with van der Waals surface area (Å²) in [6, 6.07) is 14.4. The van der Waals surface area contributed by atoms with Gasteiger partial charge in [0, 0.05) is 24.7 Å². The molecule has 0 atom stereocenters. The average molecular weight is 424 g/mol. The third-order valence-electron chi connectivity index (χ3n) is 5.20. The molecule has 0 radical (unpaired) electrons. The number of rotatable bonds is 6. The fourth-order valence-electron chi connectivity index (χ4n) is 3.49. The molecule has 2 aromatic carbocycles. The Bertz CT molecular complexity index is 901. The zero-order valence-corrected chi connectivity index (χ0v) is 17.9. The van der Waals surface area contributed by atoms with E-state index >= 15 is 0 Å². The van der Waals surface area contributed by atoms with Crippen molar-refractivity contribution < 1.29 is 23.9 Å². The number of likely N-dealkylation sites (tertiary alicyclic amines) is 1. The third-order valence-corrected chi connectivity index (χ3v) is 5.20. The highest BCUT2D eigenvalue weighted by molar-refractivity contribution is 5.94. The lowest BCUT2D eigenvalue weighted by Gasteiger charge is -2.32. The van der Waals surface area contributed by atoms with Gasteiger partial charge in [-0.1, -0.05) is 29.8 Å². The van der Waals surface area contributed by atoms with Gasteiger partial charge in [-0.05, 0) is 56.5 Å². The molecule has 1 aliphatic heterocycles. The van der Waals surface area contributed by atoms with Gasteiger partial charge in [0.25, 0.3) is 5.91 Å². The highest BCUT2D eigenvalue weighted by Gasteiger charge is 2.24. The fraction of sp³-hybridized carbons (Fsp3) is 0.375. The summed E-state index contributed by atoms with van der Waals surface area (Å²) in [7, 11) is 0. The highest BCUT2D eigenvalue weighted by Crippen LogP contribution is 2.18. The molecule has 1 fully saturated rings. The van der Waals surface area contributed by atoms with Crippen molar-refractivity contribution in [2.24, 2.45) is 0 Å². The number of benzene rings is 2. The number of amides is 2. The molecule has 31 heavy (non-hydrogen) atoms. The van der Waals surface area contributed by atoms with Gasteiger partial charge in [-0.3, -0.25) is 9.59 Å². The summed E-state index contributed by atoms with van der Waals surface area (Å²) >= 11 is 0. The normalized spacial score (nSPS) is 14.1. The molecule has 3 rings (SSSR count). The van der Waals surface area contributed by atoms with E-state index in [0.29, 0.717) is 30.8 Å². The first-order chi connectivity index (χ1) is 14.9. The molecule has 1 heterocycles. The minimum atomic E-state index is -0.770. The lowest BCUT2D eigenvalue weighted by atomic mass is 10.0. The predicted molar refractivity (Wildman–Crippen MR) is 116 cm³/mol. The molecule has 164 valence electrons. The van der Waals surface area contributed by atoms with Crippen LogP contribution in [0.4, 0.5) is 4.79 Å². The van der Waals surface area contributed by atoms with Crippen LogP contribution in [0.1, 0.15) is 41.3 Å². The number of nitrogens with zero attached hydrogens (tertiary/aromatic N) is 1. The van der Waals surface area contributed by atoms with E-state index in [-0.39, 0.29) is 24.5 Å². The zero-order valence-electron chi connectivity index (χ0n) is 17.9. The second-order valence-corrected chi connectivity index (χ2v) is 7.61. The first-order valence-corrected chi connectivity index (χ1v) is 10.5. The molecular weight excluding hydrogens is 396 g/mol. The lowest BCUT2D eigenvalue weighted by molar-refractivity contribution is -0.121. The predicted octanol–water partition coefficient (Wildman–Crippen LogP) is 3.49. The Kier molecular flexibility index (Phi) is 7.65. The largest absolute Gasteiger partial charge is 0.513 e. The minimum absolute atomic E-state index is 0.00539. The molecule has 2 amide bonds. The summed E-state index contributed by atoms with van der Waals surface area (Å²) < 4.78 is 9.74. The van der Waals surface area contributed by atoms with Crippen LogP contribution in [0.2, 0.25) is 0 Å². The Morgan fingerprint density at radius 3 is 2.26 bits per heavy atom. The van der Waals surface area contributed by atoms with Crippen LogP contribution in [0.15, 0.2) is 48.5 Å². The molecule has 0 aromatic heterocycles. The molecule has 1 N–H and O–H groups in total. The zero-order chi connectivity index (χ0) is 22.2. The van der Waals surface area contributed by atoms with Crippen molar-refractivity contribution in [1.29, 1.82) is 0 Å². The lowest BCUT2D eigenvalue weighted by Crippen LogP contribution is -2.46. The van der Waals surface area contributed by atoms with Crippen molar-refractivity contribution in [2.45, 2.75) is 39.2 Å². The molecule has 0 spiro atoms. The maximum absolute atomic E-state index is 12.7. The van der Waals surface area contributed by atoms with Gasteiger partial charge < -0.3 is 19.7 Å². The number of aryl methyl sites for hydroxylation is 1. The minimum Gasteiger partial charge on any atom is -0.434 e. The maximum Gasteiger partial charge on any atom is 0.513 e. The Morgan fingerprint density at radius 1 is 1.00 bits per heavy atom. The van der Waals surface area contributed by atoms with Crippen LogP contribution in [-0.4, -0.2) is 48.6 Å². The number of piperidine rings is 1. The molecule has 0 aliphatic carbocycles. The van der Waals surface area contributed by atoms with Gasteiger partial charge in [-0.25, -0.2) is 4.79 Å². The van der Waals surface area contributed by atoms with Crippen molar-refractivity contribution in [3.05, 3.63) is 65.2 Å². The average Bonchev–Trinajstić information content (AvgIpc) is 2.76. The van der Waals surface area contributed by atoms with Crippen molar-refractivity contribution in [2.75, 3.05) is 19.7 Å². The standard InChI is InChI=1S/C24H28N2O5/c1-3-30-24(29)31-21-10-8-19(9-11-21)23(28)26-14-12-20(13-15-26)25-22(27)16-18-6-4-17(2)5-7-18/h4-11,20H,3,12-16H2,1-2H3,(H,25,27). The van der Waals surface area contributed by atoms with Crippen LogP contribution in [0.3, 0.4) is 0 Å². The summed E-state index contributed by atoms with van der Waals surface area (Å²) in [5.41, 5.74) is 2.69. The van der Waals surface area contributed by atoms with Crippen LogP contribution in [0.5, 0.6) is 5.75 Å². The Labute approximate surface area is 182 Å². The second-order valence-electron chi connectivity index (χ2n) is 7.61. The first kappa shape index (κ1) is 22.3. The maximum atomic E-state index is 12.7. The first-order valence-electron chi connectivity index (χ1n) is 10.5. The Morgan fingerprint density at radius 2 is 1.65 bits per heavy atom. The van der Waals surface area contributed by atoms with Gasteiger partial charge >= 0.3 is 6.16 Å². The summed E-state index contributed by atoms with van der Waals surface area (Å²) in [4.78, 5) is 38.2. The number of nitrogens with one attached hydrogen (secondary N) is 1. The van der Waals surface area contributed by atoms with Gasteiger partial charge in [0.15, 0.2) is 0 Å². The van der Waals surface area contributed by atoms with Crippen molar-refractivity contribution in [3.8, 4) is 5.75 Å². The van der Waals surface area contributed by atoms with Crippen LogP contribution in [0, 0.1) is 6.92 Å². The number of hydrogen-bond donors (Lipinski definition) is 1. The summed E-state index contributed by atoms with van der Waals surface area (Å²) in [5, 5.41) is 3.08. The van der Waals surface area contributed by atoms with E-state index in [4.69, 9.17) is 9.47 Å². The molecule has 1 aliphatic rings. The summed E-state index contributed by atoms with van der Waals surface area (Å²) in [5.74, 6) is 0.253. The van der Waals surface area contributed by atoms with Gasteiger partial charge in [-0.15, -0.1) is 0 Å². The van der Waals surface area contributed by atoms with E-state index < -0.39 is 6.16 Å². The third kappa shape index (κ3) is 6.57. The van der Waals surface area contributed by atoms with Gasteiger partial charge in [0.2, 0.25) is 5.91 Å². The van der Waals surface area contributed by atoms with E-state index in [0.717, 1.165) is 18.4 Å². The van der Waals surface area contributed by atoms with Gasteiger partial charge in [-0.2, -0.15) is 0 Å². The Hall–Kier alpha value is -3.35. The number of ether oxygens (including phenoxy) is 2. The van der Waals surface area contributed by atoms with E-state index in [1.807, 2.05) is 31.2 Å². The Balaban J connectivity index is 1.45. The SMILES string of the molecule is CCOC(=O)Oc1ccc(C(=O)N2CCC(NC(=O)Cc3ccc(C)cc3)CC2)cc1. The van der Waals surface area contributed by atoms with Crippen molar-refractivity contribution in [3.63, 3.8) is 0 Å². The number of carbonyl (C=O) groups is 3. The number of carbonyl (C=O) groups excluding carboxylic acids is 3. The summed E-state index contributed by atoms with van der Waals surface area (Å²) in [6.45, 7) is 5.11. The van der Waals surface area contributed by atoms with Crippen molar-refractivity contribution in [1.82, 2.24) is 10.2 Å². The molecule has 0 unspecified atom stereocenters.